The third kappa shape index (κ3) is 1.98. The van der Waals surface area contributed by atoms with Crippen LogP contribution in [0.3, 0.4) is 0 Å². The maximum absolute atomic E-state index is 12.2. The first-order valence-corrected chi connectivity index (χ1v) is 6.88. The monoisotopic (exact) mass is 277 g/mol. The molecule has 2 unspecified atom stereocenters. The van der Waals surface area contributed by atoms with Crippen LogP contribution in [-0.2, 0) is 11.2 Å². The van der Waals surface area contributed by atoms with Gasteiger partial charge in [0.15, 0.2) is 0 Å². The molecule has 3 N–H and O–H groups in total. The molecular weight excluding hydrogens is 258 g/mol. The quantitative estimate of drug-likeness (QED) is 0.723. The predicted molar refractivity (Wildman–Crippen MR) is 72.0 cm³/mol. The Labute approximate surface area is 117 Å². The third-order valence-electron chi connectivity index (χ3n) is 4.92. The summed E-state index contributed by atoms with van der Waals surface area (Å²) in [6.07, 6.45) is 0.324. The van der Waals surface area contributed by atoms with Crippen LogP contribution in [0.5, 0.6) is 5.75 Å². The molecule has 1 aromatic rings. The van der Waals surface area contributed by atoms with E-state index in [1.165, 1.54) is 0 Å². The SMILES string of the molecule is O=C(Cc1ccc(O)cc1)N1CC2C(C1)C2(CO)CO. The van der Waals surface area contributed by atoms with Crippen LogP contribution in [-0.4, -0.2) is 52.4 Å². The van der Waals surface area contributed by atoms with Crippen LogP contribution < -0.4 is 0 Å². The van der Waals surface area contributed by atoms with Crippen molar-refractivity contribution in [3.63, 3.8) is 0 Å². The van der Waals surface area contributed by atoms with Crippen molar-refractivity contribution >= 4 is 5.91 Å². The number of phenolic OH excluding ortho intramolecular Hbond substituents is 1. The zero-order valence-corrected chi connectivity index (χ0v) is 11.2. The number of aliphatic hydroxyl groups is 2. The van der Waals surface area contributed by atoms with Gasteiger partial charge >= 0.3 is 0 Å². The second-order valence-electron chi connectivity index (χ2n) is 5.90. The highest BCUT2D eigenvalue weighted by molar-refractivity contribution is 5.79. The van der Waals surface area contributed by atoms with Gasteiger partial charge in [0.1, 0.15) is 5.75 Å². The fourth-order valence-corrected chi connectivity index (χ4v) is 3.46. The summed E-state index contributed by atoms with van der Waals surface area (Å²) in [6.45, 7) is 1.25. The van der Waals surface area contributed by atoms with Gasteiger partial charge in [0.05, 0.1) is 19.6 Å². The number of fused-ring (bicyclic) bond motifs is 1. The Morgan fingerprint density at radius 3 is 2.20 bits per heavy atom. The molecule has 2 atom stereocenters. The highest BCUT2D eigenvalue weighted by Crippen LogP contribution is 2.61. The van der Waals surface area contributed by atoms with Crippen LogP contribution in [0.25, 0.3) is 0 Å². The molecule has 1 saturated heterocycles. The summed E-state index contributed by atoms with van der Waals surface area (Å²) in [5, 5.41) is 27.9. The van der Waals surface area contributed by atoms with Crippen molar-refractivity contribution in [2.45, 2.75) is 6.42 Å². The maximum Gasteiger partial charge on any atom is 0.227 e. The number of piperidine rings is 1. The number of rotatable bonds is 4. The number of amides is 1. The predicted octanol–water partition coefficient (Wildman–Crippen LogP) is -0.00610. The number of carbonyl (C=O) groups is 1. The lowest BCUT2D eigenvalue weighted by Gasteiger charge is -2.24. The molecule has 3 rings (SSSR count). The molecule has 1 heterocycles. The average Bonchev–Trinajstić information content (AvgIpc) is 2.82. The lowest BCUT2D eigenvalue weighted by atomic mass is 10.0. The minimum atomic E-state index is -0.352. The molecule has 1 amide bonds. The number of benzene rings is 1. The Bertz CT molecular complexity index is 495. The Morgan fingerprint density at radius 2 is 1.70 bits per heavy atom. The fraction of sp³-hybridized carbons (Fsp3) is 0.533. The highest BCUT2D eigenvalue weighted by atomic mass is 16.3. The number of hydrogen-bond donors (Lipinski definition) is 3. The molecule has 5 nitrogen and oxygen atoms in total. The van der Waals surface area contributed by atoms with Gasteiger partial charge in [-0.2, -0.15) is 0 Å². The molecule has 1 aliphatic carbocycles. The molecule has 1 aromatic carbocycles. The van der Waals surface area contributed by atoms with Crippen molar-refractivity contribution in [2.75, 3.05) is 26.3 Å². The van der Waals surface area contributed by atoms with E-state index in [2.05, 4.69) is 0 Å². The van der Waals surface area contributed by atoms with Crippen LogP contribution >= 0.6 is 0 Å². The van der Waals surface area contributed by atoms with Crippen LogP contribution in [0.4, 0.5) is 0 Å². The van der Waals surface area contributed by atoms with Gasteiger partial charge in [0, 0.05) is 18.5 Å². The fourth-order valence-electron chi connectivity index (χ4n) is 3.46. The Hall–Kier alpha value is -1.59. The van der Waals surface area contributed by atoms with E-state index in [4.69, 9.17) is 0 Å². The first kappa shape index (κ1) is 13.4. The number of phenols is 1. The first-order chi connectivity index (χ1) is 9.60. The largest absolute Gasteiger partial charge is 0.508 e. The molecule has 1 saturated carbocycles. The minimum Gasteiger partial charge on any atom is -0.508 e. The van der Waals surface area contributed by atoms with Crippen molar-refractivity contribution in [3.05, 3.63) is 29.8 Å². The number of nitrogens with zero attached hydrogens (tertiary/aromatic N) is 1. The van der Waals surface area contributed by atoms with Gasteiger partial charge < -0.3 is 20.2 Å². The van der Waals surface area contributed by atoms with E-state index in [-0.39, 0.29) is 42.1 Å². The summed E-state index contributed by atoms with van der Waals surface area (Å²) in [4.78, 5) is 14.0. The number of aliphatic hydroxyl groups excluding tert-OH is 2. The van der Waals surface area contributed by atoms with Crippen molar-refractivity contribution in [2.24, 2.45) is 17.3 Å². The third-order valence-corrected chi connectivity index (χ3v) is 4.92. The van der Waals surface area contributed by atoms with E-state index in [0.717, 1.165) is 5.56 Å². The molecule has 2 fully saturated rings. The molecule has 1 aliphatic heterocycles. The molecule has 2 aliphatic rings. The molecule has 0 bridgehead atoms. The van der Waals surface area contributed by atoms with Crippen LogP contribution in [0.1, 0.15) is 5.56 Å². The van der Waals surface area contributed by atoms with Crippen LogP contribution in [0, 0.1) is 17.3 Å². The lowest BCUT2D eigenvalue weighted by molar-refractivity contribution is -0.130. The van der Waals surface area contributed by atoms with Crippen molar-refractivity contribution in [1.82, 2.24) is 4.90 Å². The molecule has 20 heavy (non-hydrogen) atoms. The first-order valence-electron chi connectivity index (χ1n) is 6.88. The summed E-state index contributed by atoms with van der Waals surface area (Å²) >= 11 is 0. The second kappa shape index (κ2) is 4.75. The molecular formula is C15H19NO4. The number of hydrogen-bond acceptors (Lipinski definition) is 4. The maximum atomic E-state index is 12.2. The summed E-state index contributed by atoms with van der Waals surface area (Å²) in [7, 11) is 0. The van der Waals surface area contributed by atoms with E-state index in [9.17, 15) is 20.1 Å². The second-order valence-corrected chi connectivity index (χ2v) is 5.90. The number of likely N-dealkylation sites (tertiary alicyclic amines) is 1. The van der Waals surface area contributed by atoms with Gasteiger partial charge in [-0.1, -0.05) is 12.1 Å². The van der Waals surface area contributed by atoms with Crippen molar-refractivity contribution < 1.29 is 20.1 Å². The zero-order chi connectivity index (χ0) is 14.3. The summed E-state index contributed by atoms with van der Waals surface area (Å²) in [5.41, 5.74) is 0.527. The standard InChI is InChI=1S/C15H19NO4/c17-8-15(9-18)12-6-16(7-13(12)15)14(20)5-10-1-3-11(19)4-2-10/h1-4,12-13,17-19H,5-9H2. The summed E-state index contributed by atoms with van der Waals surface area (Å²) in [6, 6.07) is 6.64. The lowest BCUT2D eigenvalue weighted by Crippen LogP contribution is -2.37. The van der Waals surface area contributed by atoms with Gasteiger partial charge in [-0.25, -0.2) is 0 Å². The van der Waals surface area contributed by atoms with E-state index >= 15 is 0 Å². The molecule has 0 radical (unpaired) electrons. The Morgan fingerprint density at radius 1 is 1.15 bits per heavy atom. The van der Waals surface area contributed by atoms with Crippen molar-refractivity contribution in [1.29, 1.82) is 0 Å². The smallest absolute Gasteiger partial charge is 0.227 e. The van der Waals surface area contributed by atoms with Gasteiger partial charge in [0.2, 0.25) is 5.91 Å². The van der Waals surface area contributed by atoms with E-state index in [1.54, 1.807) is 24.3 Å². The molecule has 5 heteroatoms. The number of aromatic hydroxyl groups is 1. The van der Waals surface area contributed by atoms with Gasteiger partial charge in [-0.3, -0.25) is 4.79 Å². The highest BCUT2D eigenvalue weighted by Gasteiger charge is 2.67. The van der Waals surface area contributed by atoms with Crippen LogP contribution in [0.15, 0.2) is 24.3 Å². The summed E-state index contributed by atoms with van der Waals surface area (Å²) < 4.78 is 0. The van der Waals surface area contributed by atoms with Gasteiger partial charge in [-0.05, 0) is 29.5 Å². The van der Waals surface area contributed by atoms with Crippen molar-refractivity contribution in [3.8, 4) is 5.75 Å². The van der Waals surface area contributed by atoms with Gasteiger partial charge in [0.25, 0.3) is 0 Å². The molecule has 108 valence electrons. The normalized spacial score (nSPS) is 26.4. The average molecular weight is 277 g/mol. The van der Waals surface area contributed by atoms with E-state index in [1.807, 2.05) is 4.90 Å². The Balaban J connectivity index is 1.58. The molecule has 0 aromatic heterocycles. The number of carbonyl (C=O) groups excluding carboxylic acids is 1. The summed E-state index contributed by atoms with van der Waals surface area (Å²) in [5.74, 6) is 0.731. The Kier molecular flexibility index (Phi) is 3.18. The van der Waals surface area contributed by atoms with E-state index in [0.29, 0.717) is 19.5 Å². The van der Waals surface area contributed by atoms with Crippen LogP contribution in [0.2, 0.25) is 0 Å². The topological polar surface area (TPSA) is 81.0 Å². The van der Waals surface area contributed by atoms with Gasteiger partial charge in [-0.15, -0.1) is 0 Å². The molecule has 0 spiro atoms. The zero-order valence-electron chi connectivity index (χ0n) is 11.2. The van der Waals surface area contributed by atoms with E-state index < -0.39 is 0 Å². The minimum absolute atomic E-state index is 0.00116.